The molecule has 0 aliphatic carbocycles. The molecule has 0 fully saturated rings. The quantitative estimate of drug-likeness (QED) is 0.748. The van der Waals surface area contributed by atoms with E-state index >= 15 is 0 Å². The molecule has 0 unspecified atom stereocenters. The van der Waals surface area contributed by atoms with Crippen molar-refractivity contribution in [3.8, 4) is 0 Å². The van der Waals surface area contributed by atoms with Crippen LogP contribution in [0, 0.1) is 0 Å². The first-order chi connectivity index (χ1) is 13.7. The van der Waals surface area contributed by atoms with Gasteiger partial charge in [-0.15, -0.1) is 0 Å². The Kier molecular flexibility index (Phi) is 5.35. The molecular weight excluding hydrogens is 391 g/mol. The molecule has 0 saturated heterocycles. The number of anilines is 2. The second-order valence-electron chi connectivity index (χ2n) is 6.10. The maximum atomic E-state index is 12.4. The SMILES string of the molecule is O=C(CCN1C(=O)c2ccccc2C1=O)Nc1ccccc1NC(=O)C(F)(F)F. The fraction of sp³-hybridized carbons (Fsp3) is 0.158. The fourth-order valence-electron chi connectivity index (χ4n) is 2.76. The smallest absolute Gasteiger partial charge is 0.324 e. The topological polar surface area (TPSA) is 95.6 Å². The highest BCUT2D eigenvalue weighted by Crippen LogP contribution is 2.25. The first-order valence-electron chi connectivity index (χ1n) is 8.41. The van der Waals surface area contributed by atoms with Crippen molar-refractivity contribution in [2.24, 2.45) is 0 Å². The van der Waals surface area contributed by atoms with Gasteiger partial charge in [-0.05, 0) is 24.3 Å². The summed E-state index contributed by atoms with van der Waals surface area (Å²) < 4.78 is 37.3. The van der Waals surface area contributed by atoms with Crippen LogP contribution in [-0.4, -0.2) is 41.2 Å². The van der Waals surface area contributed by atoms with Crippen LogP contribution in [0.15, 0.2) is 48.5 Å². The van der Waals surface area contributed by atoms with Crippen molar-refractivity contribution in [1.29, 1.82) is 0 Å². The minimum Gasteiger partial charge on any atom is -0.324 e. The summed E-state index contributed by atoms with van der Waals surface area (Å²) in [5.74, 6) is -3.85. The molecule has 0 saturated carbocycles. The lowest BCUT2D eigenvalue weighted by Gasteiger charge is -2.15. The predicted octanol–water partition coefficient (Wildman–Crippen LogP) is 2.81. The molecule has 0 radical (unpaired) electrons. The van der Waals surface area contributed by atoms with Gasteiger partial charge in [0.25, 0.3) is 11.8 Å². The van der Waals surface area contributed by atoms with Crippen molar-refractivity contribution in [2.75, 3.05) is 17.2 Å². The number of para-hydroxylation sites is 2. The van der Waals surface area contributed by atoms with Crippen LogP contribution in [-0.2, 0) is 9.59 Å². The highest BCUT2D eigenvalue weighted by molar-refractivity contribution is 6.21. The maximum absolute atomic E-state index is 12.4. The van der Waals surface area contributed by atoms with Crippen LogP contribution in [0.5, 0.6) is 0 Å². The number of hydrogen-bond donors (Lipinski definition) is 2. The average molecular weight is 405 g/mol. The number of rotatable bonds is 5. The Balaban J connectivity index is 1.63. The van der Waals surface area contributed by atoms with E-state index in [1.807, 2.05) is 0 Å². The van der Waals surface area contributed by atoms with Crippen LogP contribution in [0.4, 0.5) is 24.5 Å². The highest BCUT2D eigenvalue weighted by Gasteiger charge is 2.39. The molecule has 1 aliphatic rings. The first kappa shape index (κ1) is 20.1. The lowest BCUT2D eigenvalue weighted by atomic mass is 10.1. The van der Waals surface area contributed by atoms with Gasteiger partial charge >= 0.3 is 12.1 Å². The largest absolute Gasteiger partial charge is 0.471 e. The highest BCUT2D eigenvalue weighted by atomic mass is 19.4. The van der Waals surface area contributed by atoms with Crippen molar-refractivity contribution in [1.82, 2.24) is 4.90 Å². The fourth-order valence-corrected chi connectivity index (χ4v) is 2.76. The molecule has 2 aromatic rings. The molecule has 0 atom stereocenters. The van der Waals surface area contributed by atoms with E-state index < -0.39 is 29.8 Å². The number of hydrogen-bond acceptors (Lipinski definition) is 4. The second kappa shape index (κ2) is 7.74. The summed E-state index contributed by atoms with van der Waals surface area (Å²) in [6.07, 6.45) is -5.35. The molecule has 29 heavy (non-hydrogen) atoms. The van der Waals surface area contributed by atoms with Gasteiger partial charge in [0.1, 0.15) is 0 Å². The van der Waals surface area contributed by atoms with E-state index in [1.54, 1.807) is 17.4 Å². The zero-order chi connectivity index (χ0) is 21.2. The van der Waals surface area contributed by atoms with Gasteiger partial charge in [-0.25, -0.2) is 0 Å². The molecule has 2 N–H and O–H groups in total. The Labute approximate surface area is 162 Å². The predicted molar refractivity (Wildman–Crippen MR) is 96.2 cm³/mol. The molecule has 0 aromatic heterocycles. The number of alkyl halides is 3. The van der Waals surface area contributed by atoms with Crippen molar-refractivity contribution >= 4 is 35.0 Å². The van der Waals surface area contributed by atoms with E-state index in [4.69, 9.17) is 0 Å². The van der Waals surface area contributed by atoms with Gasteiger partial charge in [-0.3, -0.25) is 24.1 Å². The molecule has 4 amide bonds. The van der Waals surface area contributed by atoms with Gasteiger partial charge in [0.15, 0.2) is 0 Å². The number of carbonyl (C=O) groups excluding carboxylic acids is 4. The molecule has 0 spiro atoms. The van der Waals surface area contributed by atoms with Crippen LogP contribution >= 0.6 is 0 Å². The number of carbonyl (C=O) groups is 4. The number of nitrogens with one attached hydrogen (secondary N) is 2. The van der Waals surface area contributed by atoms with Crippen LogP contribution in [0.2, 0.25) is 0 Å². The van der Waals surface area contributed by atoms with E-state index in [0.717, 1.165) is 4.90 Å². The van der Waals surface area contributed by atoms with Gasteiger partial charge in [0, 0.05) is 13.0 Å². The van der Waals surface area contributed by atoms with Crippen molar-refractivity contribution in [2.45, 2.75) is 12.6 Å². The van der Waals surface area contributed by atoms with Gasteiger partial charge in [-0.2, -0.15) is 13.2 Å². The Morgan fingerprint density at radius 2 is 1.31 bits per heavy atom. The third kappa shape index (κ3) is 4.26. The Hall–Kier alpha value is -3.69. The Morgan fingerprint density at radius 3 is 1.83 bits per heavy atom. The molecule has 10 heteroatoms. The Bertz CT molecular complexity index is 969. The lowest BCUT2D eigenvalue weighted by molar-refractivity contribution is -0.167. The number of amides is 4. The standard InChI is InChI=1S/C19H14F3N3O4/c20-19(21,22)18(29)24-14-8-4-3-7-13(14)23-15(26)9-10-25-16(27)11-5-1-2-6-12(11)17(25)28/h1-8H,9-10H2,(H,23,26)(H,24,29). The molecular formula is C19H14F3N3O4. The normalized spacial score (nSPS) is 13.3. The zero-order valence-corrected chi connectivity index (χ0v) is 14.7. The van der Waals surface area contributed by atoms with Gasteiger partial charge in [-0.1, -0.05) is 24.3 Å². The molecule has 0 bridgehead atoms. The van der Waals surface area contributed by atoms with E-state index in [1.165, 1.54) is 36.4 Å². The van der Waals surface area contributed by atoms with Crippen LogP contribution in [0.3, 0.4) is 0 Å². The Morgan fingerprint density at radius 1 is 0.828 bits per heavy atom. The van der Waals surface area contributed by atoms with Crippen molar-refractivity contribution < 1.29 is 32.3 Å². The van der Waals surface area contributed by atoms with E-state index in [2.05, 4.69) is 5.32 Å². The number of imide groups is 1. The van der Waals surface area contributed by atoms with Crippen LogP contribution in [0.25, 0.3) is 0 Å². The zero-order valence-electron chi connectivity index (χ0n) is 14.7. The summed E-state index contributed by atoms with van der Waals surface area (Å²) in [6.45, 7) is -0.199. The van der Waals surface area contributed by atoms with Crippen LogP contribution in [0.1, 0.15) is 27.1 Å². The first-order valence-corrected chi connectivity index (χ1v) is 8.41. The third-order valence-corrected chi connectivity index (χ3v) is 4.15. The minimum atomic E-state index is -5.08. The molecule has 2 aromatic carbocycles. The van der Waals surface area contributed by atoms with Gasteiger partial charge in [0.05, 0.1) is 22.5 Å². The summed E-state index contributed by atoms with van der Waals surface area (Å²) in [5, 5.41) is 4.05. The molecule has 1 aliphatic heterocycles. The summed E-state index contributed by atoms with van der Waals surface area (Å²) in [5.41, 5.74) is 0.220. The molecule has 1 heterocycles. The van der Waals surface area contributed by atoms with E-state index in [9.17, 15) is 32.3 Å². The lowest BCUT2D eigenvalue weighted by Crippen LogP contribution is -2.33. The second-order valence-corrected chi connectivity index (χ2v) is 6.10. The van der Waals surface area contributed by atoms with Gasteiger partial charge in [0.2, 0.25) is 5.91 Å². The van der Waals surface area contributed by atoms with Crippen molar-refractivity contribution in [3.05, 3.63) is 59.7 Å². The third-order valence-electron chi connectivity index (χ3n) is 4.15. The monoisotopic (exact) mass is 405 g/mol. The summed E-state index contributed by atoms with van der Waals surface area (Å²) in [4.78, 5) is 48.8. The number of nitrogens with zero attached hydrogens (tertiary/aromatic N) is 1. The van der Waals surface area contributed by atoms with E-state index in [0.29, 0.717) is 0 Å². The minimum absolute atomic E-state index is 0.0440. The molecule has 150 valence electrons. The summed E-state index contributed by atoms with van der Waals surface area (Å²) in [7, 11) is 0. The summed E-state index contributed by atoms with van der Waals surface area (Å²) >= 11 is 0. The number of fused-ring (bicyclic) bond motifs is 1. The number of benzene rings is 2. The molecule has 3 rings (SSSR count). The van der Waals surface area contributed by atoms with E-state index in [-0.39, 0.29) is 35.5 Å². The average Bonchev–Trinajstić information content (AvgIpc) is 2.91. The van der Waals surface area contributed by atoms with Crippen molar-refractivity contribution in [3.63, 3.8) is 0 Å². The summed E-state index contributed by atoms with van der Waals surface area (Å²) in [6, 6.07) is 11.6. The molecule has 7 nitrogen and oxygen atoms in total. The maximum Gasteiger partial charge on any atom is 0.471 e. The van der Waals surface area contributed by atoms with Crippen LogP contribution < -0.4 is 10.6 Å². The number of halogens is 3. The van der Waals surface area contributed by atoms with Gasteiger partial charge < -0.3 is 10.6 Å².